The average molecular weight is 380 g/mol. The topological polar surface area (TPSA) is 56.4 Å². The van der Waals surface area contributed by atoms with E-state index in [-0.39, 0.29) is 11.7 Å². The third-order valence-electron chi connectivity index (χ3n) is 5.95. The van der Waals surface area contributed by atoms with Gasteiger partial charge in [0.25, 0.3) is 5.91 Å². The number of carbonyl (C=O) groups excluding carboxylic acids is 2. The number of ketones is 1. The molecule has 0 aliphatic carbocycles. The smallest absolute Gasteiger partial charge is 0.270 e. The number of aromatic nitrogens is 1. The number of carbonyl (C=O) groups is 2. The van der Waals surface area contributed by atoms with E-state index in [0.717, 1.165) is 45.3 Å². The molecule has 0 unspecified atom stereocenters. The van der Waals surface area contributed by atoms with Crippen LogP contribution >= 0.6 is 0 Å². The molecule has 2 aliphatic heterocycles. The molecule has 1 fully saturated rings. The van der Waals surface area contributed by atoms with Crippen LogP contribution in [0.2, 0.25) is 0 Å². The van der Waals surface area contributed by atoms with E-state index in [4.69, 9.17) is 0 Å². The van der Waals surface area contributed by atoms with Gasteiger partial charge in [0.2, 0.25) is 0 Å². The molecule has 148 valence electrons. The molecule has 0 saturated carbocycles. The number of anilines is 1. The molecular formula is C23H29N3O2. The molecule has 3 heterocycles. The Bertz CT molecular complexity index is 878. The number of benzene rings is 1. The molecular weight excluding hydrogens is 350 g/mol. The van der Waals surface area contributed by atoms with Crippen molar-refractivity contribution in [2.45, 2.75) is 45.4 Å². The van der Waals surface area contributed by atoms with Crippen LogP contribution in [0.4, 0.5) is 5.69 Å². The number of nitrogens with zero attached hydrogens (tertiary/aromatic N) is 2. The predicted octanol–water partition coefficient (Wildman–Crippen LogP) is 4.01. The number of H-pyrrole nitrogens is 1. The van der Waals surface area contributed by atoms with Crippen LogP contribution in [0.1, 0.15) is 71.0 Å². The molecule has 1 saturated heterocycles. The van der Waals surface area contributed by atoms with Crippen molar-refractivity contribution in [1.29, 1.82) is 0 Å². The number of hydrogen-bond acceptors (Lipinski definition) is 3. The fourth-order valence-electron chi connectivity index (χ4n) is 4.25. The van der Waals surface area contributed by atoms with Gasteiger partial charge in [0.1, 0.15) is 5.69 Å². The van der Waals surface area contributed by atoms with Crippen molar-refractivity contribution in [2.24, 2.45) is 0 Å². The quantitative estimate of drug-likeness (QED) is 0.799. The molecule has 0 bridgehead atoms. The first-order valence-corrected chi connectivity index (χ1v) is 10.4. The van der Waals surface area contributed by atoms with Crippen molar-refractivity contribution in [3.63, 3.8) is 0 Å². The van der Waals surface area contributed by atoms with Crippen LogP contribution < -0.4 is 4.90 Å². The second kappa shape index (κ2) is 7.82. The molecule has 4 rings (SSSR count). The summed E-state index contributed by atoms with van der Waals surface area (Å²) >= 11 is 0. The van der Waals surface area contributed by atoms with Gasteiger partial charge in [-0.05, 0) is 54.9 Å². The molecule has 1 aromatic carbocycles. The monoisotopic (exact) mass is 379 g/mol. The lowest BCUT2D eigenvalue weighted by Gasteiger charge is -2.31. The van der Waals surface area contributed by atoms with Gasteiger partial charge in [0, 0.05) is 37.1 Å². The maximum absolute atomic E-state index is 12.9. The first-order valence-electron chi connectivity index (χ1n) is 10.4. The second-order valence-electron chi connectivity index (χ2n) is 8.29. The third-order valence-corrected chi connectivity index (χ3v) is 5.95. The van der Waals surface area contributed by atoms with Gasteiger partial charge in [-0.3, -0.25) is 9.59 Å². The normalized spacial score (nSPS) is 16.5. The number of aryl methyl sites for hydroxylation is 1. The van der Waals surface area contributed by atoms with Gasteiger partial charge >= 0.3 is 0 Å². The second-order valence-corrected chi connectivity index (χ2v) is 8.29. The third kappa shape index (κ3) is 3.71. The van der Waals surface area contributed by atoms with Crippen LogP contribution in [0.5, 0.6) is 0 Å². The van der Waals surface area contributed by atoms with E-state index in [2.05, 4.69) is 41.9 Å². The number of fused-ring (bicyclic) bond motifs is 1. The van der Waals surface area contributed by atoms with Crippen LogP contribution in [0.15, 0.2) is 30.5 Å². The lowest BCUT2D eigenvalue weighted by Crippen LogP contribution is -2.34. The summed E-state index contributed by atoms with van der Waals surface area (Å²) in [5, 5.41) is 0. The number of nitrogens with one attached hydrogen (secondary N) is 1. The van der Waals surface area contributed by atoms with Crippen molar-refractivity contribution in [3.05, 3.63) is 52.8 Å². The fraction of sp³-hybridized carbons (Fsp3) is 0.478. The zero-order valence-electron chi connectivity index (χ0n) is 16.8. The summed E-state index contributed by atoms with van der Waals surface area (Å²) in [6.07, 6.45) is 5.93. The van der Waals surface area contributed by atoms with E-state index < -0.39 is 0 Å². The molecule has 2 aromatic rings. The Kier molecular flexibility index (Phi) is 5.25. The van der Waals surface area contributed by atoms with Gasteiger partial charge < -0.3 is 14.8 Å². The number of likely N-dealkylation sites (tertiary alicyclic amines) is 1. The fourth-order valence-corrected chi connectivity index (χ4v) is 4.25. The SMILES string of the molecule is CC(C)c1ccc2c(c1)CCCN2CC(=O)c1c[nH]c(C(=O)N2CCCC2)c1. The van der Waals surface area contributed by atoms with E-state index in [1.165, 1.54) is 16.8 Å². The number of amides is 1. The van der Waals surface area contributed by atoms with Gasteiger partial charge in [-0.2, -0.15) is 0 Å². The highest BCUT2D eigenvalue weighted by Crippen LogP contribution is 2.30. The molecule has 0 atom stereocenters. The van der Waals surface area contributed by atoms with Gasteiger partial charge in [-0.25, -0.2) is 0 Å². The summed E-state index contributed by atoms with van der Waals surface area (Å²) in [7, 11) is 0. The lowest BCUT2D eigenvalue weighted by atomic mass is 9.94. The van der Waals surface area contributed by atoms with Crippen LogP contribution in [0.3, 0.4) is 0 Å². The molecule has 5 heteroatoms. The highest BCUT2D eigenvalue weighted by Gasteiger charge is 2.24. The molecule has 28 heavy (non-hydrogen) atoms. The van der Waals surface area contributed by atoms with E-state index in [9.17, 15) is 9.59 Å². The predicted molar refractivity (Wildman–Crippen MR) is 111 cm³/mol. The zero-order valence-corrected chi connectivity index (χ0v) is 16.8. The highest BCUT2D eigenvalue weighted by atomic mass is 16.2. The van der Waals surface area contributed by atoms with E-state index in [1.54, 1.807) is 12.3 Å². The first-order chi connectivity index (χ1) is 13.5. The largest absolute Gasteiger partial charge is 0.364 e. The number of Topliss-reactive ketones (excluding diaryl/α,β-unsaturated/α-hetero) is 1. The number of aromatic amines is 1. The molecule has 0 spiro atoms. The summed E-state index contributed by atoms with van der Waals surface area (Å²) in [5.74, 6) is 0.562. The summed E-state index contributed by atoms with van der Waals surface area (Å²) < 4.78 is 0. The Morgan fingerprint density at radius 1 is 1.07 bits per heavy atom. The molecule has 2 aliphatic rings. The summed E-state index contributed by atoms with van der Waals surface area (Å²) in [6.45, 7) is 7.28. The van der Waals surface area contributed by atoms with Crippen molar-refractivity contribution in [3.8, 4) is 0 Å². The summed E-state index contributed by atoms with van der Waals surface area (Å²) in [5.41, 5.74) is 4.97. The minimum Gasteiger partial charge on any atom is -0.364 e. The number of rotatable bonds is 5. The van der Waals surface area contributed by atoms with Gasteiger partial charge in [-0.1, -0.05) is 26.0 Å². The van der Waals surface area contributed by atoms with Crippen LogP contribution in [-0.2, 0) is 6.42 Å². The van der Waals surface area contributed by atoms with Crippen molar-refractivity contribution in [2.75, 3.05) is 31.1 Å². The Balaban J connectivity index is 1.47. The summed E-state index contributed by atoms with van der Waals surface area (Å²) in [6, 6.07) is 8.35. The minimum atomic E-state index is 0.00100. The van der Waals surface area contributed by atoms with Crippen molar-refractivity contribution in [1.82, 2.24) is 9.88 Å². The molecule has 0 radical (unpaired) electrons. The minimum absolute atomic E-state index is 0.00100. The maximum Gasteiger partial charge on any atom is 0.270 e. The Morgan fingerprint density at radius 3 is 2.61 bits per heavy atom. The van der Waals surface area contributed by atoms with Crippen LogP contribution in [0, 0.1) is 0 Å². The molecule has 1 amide bonds. The zero-order chi connectivity index (χ0) is 19.7. The maximum atomic E-state index is 12.9. The van der Waals surface area contributed by atoms with E-state index in [1.807, 2.05) is 4.90 Å². The van der Waals surface area contributed by atoms with E-state index >= 15 is 0 Å². The Labute approximate surface area is 166 Å². The average Bonchev–Trinajstić information content (AvgIpc) is 3.39. The summed E-state index contributed by atoms with van der Waals surface area (Å²) in [4.78, 5) is 32.4. The lowest BCUT2D eigenvalue weighted by molar-refractivity contribution is 0.0787. The molecule has 5 nitrogen and oxygen atoms in total. The number of hydrogen-bond donors (Lipinski definition) is 1. The van der Waals surface area contributed by atoms with Crippen molar-refractivity contribution >= 4 is 17.4 Å². The Morgan fingerprint density at radius 2 is 1.86 bits per heavy atom. The van der Waals surface area contributed by atoms with Gasteiger partial charge in [-0.15, -0.1) is 0 Å². The standard InChI is InChI=1S/C23H29N3O2/c1-16(2)17-7-8-21-18(12-17)6-5-11-26(21)15-22(27)19-13-20(24-14-19)23(28)25-9-3-4-10-25/h7-8,12-14,16,24H,3-6,9-11,15H2,1-2H3. The van der Waals surface area contributed by atoms with Gasteiger partial charge in [0.15, 0.2) is 5.78 Å². The first kappa shape index (κ1) is 18.8. The van der Waals surface area contributed by atoms with Crippen LogP contribution in [-0.4, -0.2) is 47.8 Å². The Hall–Kier alpha value is -2.56. The molecule has 1 N–H and O–H groups in total. The van der Waals surface area contributed by atoms with E-state index in [0.29, 0.717) is 23.7 Å². The molecule has 1 aromatic heterocycles. The highest BCUT2D eigenvalue weighted by molar-refractivity contribution is 6.02. The van der Waals surface area contributed by atoms with Gasteiger partial charge in [0.05, 0.1) is 6.54 Å². The van der Waals surface area contributed by atoms with Crippen molar-refractivity contribution < 1.29 is 9.59 Å². The van der Waals surface area contributed by atoms with Crippen LogP contribution in [0.25, 0.3) is 0 Å².